The van der Waals surface area contributed by atoms with E-state index in [0.29, 0.717) is 0 Å². The summed E-state index contributed by atoms with van der Waals surface area (Å²) in [6.45, 7) is 0.286. The number of benzene rings is 1. The average molecular weight is 375 g/mol. The molecular formula is C16H16F3NO4S. The summed E-state index contributed by atoms with van der Waals surface area (Å²) < 4.78 is 54.6. The fraction of sp³-hybridized carbons (Fsp3) is 0.375. The van der Waals surface area contributed by atoms with Crippen LogP contribution in [-0.4, -0.2) is 49.8 Å². The first kappa shape index (κ1) is 19.0. The van der Waals surface area contributed by atoms with Crippen LogP contribution in [0.5, 0.6) is 11.5 Å². The minimum atomic E-state index is -4.66. The summed E-state index contributed by atoms with van der Waals surface area (Å²) >= 11 is 5.31. The van der Waals surface area contributed by atoms with Crippen LogP contribution in [0.4, 0.5) is 13.2 Å². The van der Waals surface area contributed by atoms with Gasteiger partial charge in [0.1, 0.15) is 16.6 Å². The predicted octanol–water partition coefficient (Wildman–Crippen LogP) is 2.81. The lowest BCUT2D eigenvalue weighted by molar-refractivity contribution is -0.143. The summed E-state index contributed by atoms with van der Waals surface area (Å²) in [5.74, 6) is -1.07. The van der Waals surface area contributed by atoms with Crippen LogP contribution in [0.3, 0.4) is 0 Å². The Morgan fingerprint density at radius 1 is 1.24 bits per heavy atom. The molecule has 136 valence electrons. The number of nitrogens with zero attached hydrogens (tertiary/aromatic N) is 1. The third-order valence-electron chi connectivity index (χ3n) is 3.69. The van der Waals surface area contributed by atoms with Crippen molar-refractivity contribution in [2.24, 2.45) is 0 Å². The normalized spacial score (nSPS) is 16.7. The maximum Gasteiger partial charge on any atom is 0.420 e. The molecule has 0 spiro atoms. The van der Waals surface area contributed by atoms with Crippen LogP contribution in [0, 0.1) is 0 Å². The molecule has 1 unspecified atom stereocenters. The molecule has 0 aromatic heterocycles. The van der Waals surface area contributed by atoms with Gasteiger partial charge in [-0.15, -0.1) is 0 Å². The van der Waals surface area contributed by atoms with Crippen molar-refractivity contribution in [3.05, 3.63) is 35.4 Å². The van der Waals surface area contributed by atoms with Crippen molar-refractivity contribution in [2.45, 2.75) is 12.2 Å². The third-order valence-corrected chi connectivity index (χ3v) is 4.16. The third kappa shape index (κ3) is 3.71. The van der Waals surface area contributed by atoms with E-state index in [1.807, 2.05) is 0 Å². The van der Waals surface area contributed by atoms with Gasteiger partial charge >= 0.3 is 12.1 Å². The highest BCUT2D eigenvalue weighted by Gasteiger charge is 2.38. The molecule has 0 saturated heterocycles. The van der Waals surface area contributed by atoms with Gasteiger partial charge in [0.05, 0.1) is 21.3 Å². The van der Waals surface area contributed by atoms with Gasteiger partial charge in [-0.25, -0.2) is 4.79 Å². The van der Waals surface area contributed by atoms with Gasteiger partial charge in [-0.3, -0.25) is 0 Å². The second kappa shape index (κ2) is 7.30. The number of hydrogen-bond donors (Lipinski definition) is 0. The number of thiocarbonyl (C=S) groups is 1. The molecule has 5 nitrogen and oxygen atoms in total. The fourth-order valence-corrected chi connectivity index (χ4v) is 2.83. The zero-order valence-electron chi connectivity index (χ0n) is 13.7. The molecular weight excluding hydrogens is 359 g/mol. The van der Waals surface area contributed by atoms with E-state index in [2.05, 4.69) is 0 Å². The second-order valence-corrected chi connectivity index (χ2v) is 5.50. The highest BCUT2D eigenvalue weighted by Crippen LogP contribution is 2.42. The smallest absolute Gasteiger partial charge is 0.420 e. The predicted molar refractivity (Wildman–Crippen MR) is 87.9 cm³/mol. The van der Waals surface area contributed by atoms with E-state index in [9.17, 15) is 18.0 Å². The van der Waals surface area contributed by atoms with Crippen LogP contribution in [0.2, 0.25) is 0 Å². The molecule has 1 aliphatic heterocycles. The van der Waals surface area contributed by atoms with E-state index >= 15 is 0 Å². The van der Waals surface area contributed by atoms with Crippen LogP contribution >= 0.6 is 12.2 Å². The maximum atomic E-state index is 13.4. The van der Waals surface area contributed by atoms with Crippen LogP contribution in [0.1, 0.15) is 11.1 Å². The van der Waals surface area contributed by atoms with Crippen LogP contribution < -0.4 is 9.47 Å². The Balaban J connectivity index is 2.48. The molecule has 25 heavy (non-hydrogen) atoms. The van der Waals surface area contributed by atoms with Crippen molar-refractivity contribution < 1.29 is 32.2 Å². The van der Waals surface area contributed by atoms with Crippen LogP contribution in [0.25, 0.3) is 0 Å². The molecule has 1 heterocycles. The molecule has 0 N–H and O–H groups in total. The maximum absolute atomic E-state index is 13.4. The van der Waals surface area contributed by atoms with E-state index < -0.39 is 29.5 Å². The summed E-state index contributed by atoms with van der Waals surface area (Å²) in [5.41, 5.74) is -0.911. The zero-order valence-corrected chi connectivity index (χ0v) is 14.5. The Labute approximate surface area is 148 Å². The molecule has 0 saturated carbocycles. The number of carbonyl (C=O) groups is 1. The first-order chi connectivity index (χ1) is 11.7. The summed E-state index contributed by atoms with van der Waals surface area (Å²) in [4.78, 5) is 13.4. The van der Waals surface area contributed by atoms with Gasteiger partial charge in [0.2, 0.25) is 0 Å². The lowest BCUT2D eigenvalue weighted by Crippen LogP contribution is -2.41. The number of carbonyl (C=O) groups excluding carboxylic acids is 1. The van der Waals surface area contributed by atoms with E-state index in [-0.39, 0.29) is 22.8 Å². The van der Waals surface area contributed by atoms with Gasteiger partial charge < -0.3 is 19.1 Å². The van der Waals surface area contributed by atoms with Crippen molar-refractivity contribution in [1.29, 1.82) is 0 Å². The van der Waals surface area contributed by atoms with Crippen LogP contribution in [-0.2, 0) is 15.7 Å². The molecule has 1 aromatic carbocycles. The Morgan fingerprint density at radius 3 is 2.44 bits per heavy atom. The number of ether oxygens (including phenoxy) is 3. The molecule has 0 amide bonds. The number of halogens is 3. The monoisotopic (exact) mass is 375 g/mol. The summed E-state index contributed by atoms with van der Waals surface area (Å²) in [7, 11) is 3.59. The fourth-order valence-electron chi connectivity index (χ4n) is 2.52. The molecule has 9 heteroatoms. The zero-order chi connectivity index (χ0) is 18.8. The van der Waals surface area contributed by atoms with Crippen molar-refractivity contribution in [2.75, 3.05) is 27.9 Å². The first-order valence-electron chi connectivity index (χ1n) is 7.13. The molecule has 1 aliphatic rings. The highest BCUT2D eigenvalue weighted by atomic mass is 32.1. The Bertz CT molecular complexity index is 718. The van der Waals surface area contributed by atoms with Crippen molar-refractivity contribution in [1.82, 2.24) is 4.90 Å². The Hall–Kier alpha value is -2.29. The minimum absolute atomic E-state index is 0.0758. The molecule has 1 atom stereocenters. The number of alkyl halides is 3. The molecule has 0 fully saturated rings. The van der Waals surface area contributed by atoms with E-state index in [4.69, 9.17) is 26.4 Å². The molecule has 2 rings (SSSR count). The van der Waals surface area contributed by atoms with Gasteiger partial charge in [-0.05, 0) is 12.1 Å². The van der Waals surface area contributed by atoms with E-state index in [1.165, 1.54) is 25.2 Å². The summed E-state index contributed by atoms with van der Waals surface area (Å²) in [6, 6.07) is 1.46. The quantitative estimate of drug-likeness (QED) is 0.458. The number of methoxy groups -OCH3 is 3. The van der Waals surface area contributed by atoms with Crippen LogP contribution in [0.15, 0.2) is 24.3 Å². The van der Waals surface area contributed by atoms with E-state index in [1.54, 1.807) is 12.2 Å². The Morgan fingerprint density at radius 2 is 1.92 bits per heavy atom. The summed E-state index contributed by atoms with van der Waals surface area (Å²) in [6.07, 6.45) is -1.38. The van der Waals surface area contributed by atoms with Gasteiger partial charge in [0.15, 0.2) is 11.5 Å². The Kier molecular flexibility index (Phi) is 5.56. The second-order valence-electron chi connectivity index (χ2n) is 5.11. The molecule has 0 aliphatic carbocycles. The molecule has 1 aromatic rings. The van der Waals surface area contributed by atoms with E-state index in [0.717, 1.165) is 13.2 Å². The minimum Gasteiger partial charge on any atom is -0.493 e. The highest BCUT2D eigenvalue weighted by molar-refractivity contribution is 7.80. The van der Waals surface area contributed by atoms with Crippen molar-refractivity contribution in [3.8, 4) is 11.5 Å². The standard InChI is InChI=1S/C16H16F3NO4S/c1-22-12-8-9(7-10(13(12)23-2)16(17,18)19)14(25)20-6-4-5-11(20)15(21)24-3/h4-5,7-8,11H,6H2,1-3H3. The van der Waals surface area contributed by atoms with Gasteiger partial charge in [0.25, 0.3) is 0 Å². The summed E-state index contributed by atoms with van der Waals surface area (Å²) in [5, 5.41) is 0. The molecule has 0 radical (unpaired) electrons. The number of rotatable bonds is 4. The van der Waals surface area contributed by atoms with Gasteiger partial charge in [0, 0.05) is 12.1 Å². The topological polar surface area (TPSA) is 48.0 Å². The first-order valence-corrected chi connectivity index (χ1v) is 7.54. The van der Waals surface area contributed by atoms with Crippen molar-refractivity contribution >= 4 is 23.2 Å². The van der Waals surface area contributed by atoms with Gasteiger partial charge in [-0.1, -0.05) is 24.4 Å². The van der Waals surface area contributed by atoms with Gasteiger partial charge in [-0.2, -0.15) is 13.2 Å². The number of esters is 1. The SMILES string of the molecule is COC(=O)C1C=CCN1C(=S)c1cc(OC)c(OC)c(C(F)(F)F)c1. The average Bonchev–Trinajstić information content (AvgIpc) is 3.07. The molecule has 0 bridgehead atoms. The lowest BCUT2D eigenvalue weighted by Gasteiger charge is -2.26. The number of hydrogen-bond acceptors (Lipinski definition) is 5. The van der Waals surface area contributed by atoms with Crippen molar-refractivity contribution in [3.63, 3.8) is 0 Å². The largest absolute Gasteiger partial charge is 0.493 e. The lowest BCUT2D eigenvalue weighted by atomic mass is 10.1.